The molecule has 0 N–H and O–H groups in total. The van der Waals surface area contributed by atoms with Gasteiger partial charge in [0.15, 0.2) is 5.76 Å². The predicted molar refractivity (Wildman–Crippen MR) is 53.9 cm³/mol. The first-order chi connectivity index (χ1) is 7.58. The number of hydrogen-bond donors (Lipinski definition) is 0. The molecule has 0 aliphatic carbocycles. The monoisotopic (exact) mass is 224 g/mol. The van der Waals surface area contributed by atoms with Gasteiger partial charge in [0.05, 0.1) is 12.3 Å². The van der Waals surface area contributed by atoms with Crippen LogP contribution in [-0.4, -0.2) is 18.2 Å². The minimum Gasteiger partial charge on any atom is -0.431 e. The average Bonchev–Trinajstić information content (AvgIpc) is 2.23. The Labute approximate surface area is 92.7 Å². The van der Waals surface area contributed by atoms with E-state index in [9.17, 15) is 14.4 Å². The number of carbonyl (C=O) groups excluding carboxylic acids is 3. The maximum absolute atomic E-state index is 11.1. The maximum Gasteiger partial charge on any atom is 0.311 e. The molecular weight excluding hydrogens is 212 g/mol. The van der Waals surface area contributed by atoms with Gasteiger partial charge in [-0.1, -0.05) is 6.08 Å². The molecule has 0 unspecified atom stereocenters. The second-order valence-corrected chi connectivity index (χ2v) is 3.27. The van der Waals surface area contributed by atoms with Gasteiger partial charge in [-0.05, 0) is 12.5 Å². The quantitative estimate of drug-likeness (QED) is 0.408. The lowest BCUT2D eigenvalue weighted by Gasteiger charge is -2.21. The van der Waals surface area contributed by atoms with E-state index in [1.807, 2.05) is 0 Å². The van der Waals surface area contributed by atoms with Crippen LogP contribution in [-0.2, 0) is 23.9 Å². The van der Waals surface area contributed by atoms with E-state index < -0.39 is 17.9 Å². The Bertz CT molecular complexity index is 378. The molecule has 0 fully saturated rings. The molecular formula is C11H12O5. The molecule has 1 atom stereocenters. The molecule has 0 aromatic rings. The van der Waals surface area contributed by atoms with E-state index in [1.54, 1.807) is 13.0 Å². The molecule has 0 saturated heterocycles. The normalized spacial score (nSPS) is 20.9. The van der Waals surface area contributed by atoms with Gasteiger partial charge in [0.25, 0.3) is 0 Å². The first-order valence-electron chi connectivity index (χ1n) is 4.77. The molecule has 1 heterocycles. The Kier molecular flexibility index (Phi) is 3.99. The van der Waals surface area contributed by atoms with Gasteiger partial charge in [-0.2, -0.15) is 0 Å². The van der Waals surface area contributed by atoms with Crippen molar-refractivity contribution in [3.05, 3.63) is 23.7 Å². The zero-order valence-corrected chi connectivity index (χ0v) is 9.06. The molecule has 1 aliphatic heterocycles. The molecule has 1 rings (SSSR count). The lowest BCUT2D eigenvalue weighted by Crippen LogP contribution is -2.22. The van der Waals surface area contributed by atoms with Crippen LogP contribution in [0.2, 0.25) is 0 Å². The summed E-state index contributed by atoms with van der Waals surface area (Å²) in [4.78, 5) is 32.7. The molecule has 86 valence electrons. The summed E-state index contributed by atoms with van der Waals surface area (Å²) in [6.07, 6.45) is 3.29. The zero-order valence-electron chi connectivity index (χ0n) is 9.06. The van der Waals surface area contributed by atoms with E-state index in [2.05, 4.69) is 4.74 Å². The average molecular weight is 224 g/mol. The van der Waals surface area contributed by atoms with Crippen LogP contribution in [0.15, 0.2) is 23.7 Å². The Morgan fingerprint density at radius 3 is 2.81 bits per heavy atom. The van der Waals surface area contributed by atoms with Crippen molar-refractivity contribution in [3.63, 3.8) is 0 Å². The number of allylic oxidation sites excluding steroid dienone is 2. The number of rotatable bonds is 3. The van der Waals surface area contributed by atoms with Gasteiger partial charge in [-0.3, -0.25) is 14.4 Å². The minimum absolute atomic E-state index is 0.00245. The molecule has 0 bridgehead atoms. The standard InChI is InChI=1S/C11H12O5/c1-3-8(5-12)9-4-11(14)15-6-10(9)16-7(2)13/h3,5-6,9H,4H2,1-2H3/b8-3-/t9-/m0/s1. The summed E-state index contributed by atoms with van der Waals surface area (Å²) in [6.45, 7) is 2.92. The fraction of sp³-hybridized carbons (Fsp3) is 0.364. The van der Waals surface area contributed by atoms with E-state index in [0.29, 0.717) is 11.9 Å². The van der Waals surface area contributed by atoms with Crippen LogP contribution in [0.4, 0.5) is 0 Å². The number of carbonyl (C=O) groups is 3. The molecule has 0 saturated carbocycles. The van der Waals surface area contributed by atoms with E-state index in [-0.39, 0.29) is 12.2 Å². The van der Waals surface area contributed by atoms with Crippen molar-refractivity contribution in [3.8, 4) is 0 Å². The lowest BCUT2D eigenvalue weighted by molar-refractivity contribution is -0.145. The largest absolute Gasteiger partial charge is 0.431 e. The van der Waals surface area contributed by atoms with Crippen LogP contribution in [0.1, 0.15) is 20.3 Å². The van der Waals surface area contributed by atoms with Crippen LogP contribution >= 0.6 is 0 Å². The third-order valence-electron chi connectivity index (χ3n) is 2.15. The molecule has 5 heteroatoms. The number of esters is 2. The number of cyclic esters (lactones) is 1. The second-order valence-electron chi connectivity index (χ2n) is 3.27. The molecule has 0 radical (unpaired) electrons. The van der Waals surface area contributed by atoms with Crippen molar-refractivity contribution in [2.45, 2.75) is 20.3 Å². The molecule has 0 aromatic heterocycles. The van der Waals surface area contributed by atoms with Crippen LogP contribution in [0.25, 0.3) is 0 Å². The highest BCUT2D eigenvalue weighted by atomic mass is 16.6. The fourth-order valence-corrected chi connectivity index (χ4v) is 1.42. The first-order valence-corrected chi connectivity index (χ1v) is 4.77. The Morgan fingerprint density at radius 2 is 2.31 bits per heavy atom. The zero-order chi connectivity index (χ0) is 12.1. The fourth-order valence-electron chi connectivity index (χ4n) is 1.42. The highest BCUT2D eigenvalue weighted by Gasteiger charge is 2.29. The van der Waals surface area contributed by atoms with E-state index in [0.717, 1.165) is 6.26 Å². The first kappa shape index (κ1) is 12.2. The molecule has 16 heavy (non-hydrogen) atoms. The van der Waals surface area contributed by atoms with Crippen molar-refractivity contribution in [1.82, 2.24) is 0 Å². The third kappa shape index (κ3) is 2.79. The molecule has 0 spiro atoms. The van der Waals surface area contributed by atoms with Crippen LogP contribution in [0, 0.1) is 5.92 Å². The Morgan fingerprint density at radius 1 is 1.62 bits per heavy atom. The highest BCUT2D eigenvalue weighted by molar-refractivity contribution is 5.80. The van der Waals surface area contributed by atoms with Crippen LogP contribution in [0.3, 0.4) is 0 Å². The SMILES string of the molecule is C/C=C(/C=O)[C@@H]1CC(=O)OC=C1OC(C)=O. The summed E-state index contributed by atoms with van der Waals surface area (Å²) in [7, 11) is 0. The third-order valence-corrected chi connectivity index (χ3v) is 2.15. The molecule has 0 amide bonds. The minimum atomic E-state index is -0.535. The van der Waals surface area contributed by atoms with Gasteiger partial charge >= 0.3 is 11.9 Å². The molecule has 5 nitrogen and oxygen atoms in total. The lowest BCUT2D eigenvalue weighted by atomic mass is 9.93. The van der Waals surface area contributed by atoms with Crippen molar-refractivity contribution in [2.24, 2.45) is 5.92 Å². The summed E-state index contributed by atoms with van der Waals surface area (Å²) in [5, 5.41) is 0. The number of hydrogen-bond acceptors (Lipinski definition) is 5. The number of ether oxygens (including phenoxy) is 2. The van der Waals surface area contributed by atoms with Crippen molar-refractivity contribution < 1.29 is 23.9 Å². The summed E-state index contributed by atoms with van der Waals surface area (Å²) < 4.78 is 9.52. The van der Waals surface area contributed by atoms with Gasteiger partial charge in [-0.25, -0.2) is 0 Å². The molecule has 0 aromatic carbocycles. The Hall–Kier alpha value is -1.91. The van der Waals surface area contributed by atoms with Gasteiger partial charge < -0.3 is 9.47 Å². The maximum atomic E-state index is 11.1. The molecule has 1 aliphatic rings. The van der Waals surface area contributed by atoms with E-state index in [4.69, 9.17) is 4.74 Å². The summed E-state index contributed by atoms with van der Waals surface area (Å²) >= 11 is 0. The summed E-state index contributed by atoms with van der Waals surface area (Å²) in [5.74, 6) is -1.32. The number of aldehydes is 1. The van der Waals surface area contributed by atoms with E-state index in [1.165, 1.54) is 6.92 Å². The van der Waals surface area contributed by atoms with Crippen molar-refractivity contribution in [1.29, 1.82) is 0 Å². The van der Waals surface area contributed by atoms with Gasteiger partial charge in [0, 0.05) is 6.92 Å². The van der Waals surface area contributed by atoms with Crippen LogP contribution in [0.5, 0.6) is 0 Å². The van der Waals surface area contributed by atoms with Gasteiger partial charge in [0.2, 0.25) is 0 Å². The Balaban J connectivity index is 2.97. The highest BCUT2D eigenvalue weighted by Crippen LogP contribution is 2.28. The van der Waals surface area contributed by atoms with Crippen molar-refractivity contribution in [2.75, 3.05) is 0 Å². The van der Waals surface area contributed by atoms with Crippen LogP contribution < -0.4 is 0 Å². The van der Waals surface area contributed by atoms with E-state index >= 15 is 0 Å². The van der Waals surface area contributed by atoms with Gasteiger partial charge in [-0.15, -0.1) is 0 Å². The second kappa shape index (κ2) is 5.25. The topological polar surface area (TPSA) is 69.7 Å². The van der Waals surface area contributed by atoms with Gasteiger partial charge in [0.1, 0.15) is 12.5 Å². The summed E-state index contributed by atoms with van der Waals surface area (Å²) in [6, 6.07) is 0. The summed E-state index contributed by atoms with van der Waals surface area (Å²) in [5.41, 5.74) is 0.393. The van der Waals surface area contributed by atoms with Crippen molar-refractivity contribution >= 4 is 18.2 Å². The smallest absolute Gasteiger partial charge is 0.311 e. The predicted octanol–water partition coefficient (Wildman–Crippen LogP) is 1.10.